The van der Waals surface area contributed by atoms with Gasteiger partial charge in [0.1, 0.15) is 0 Å². The summed E-state index contributed by atoms with van der Waals surface area (Å²) in [6, 6.07) is 28.0. The zero-order valence-corrected chi connectivity index (χ0v) is 25.4. The standard InChI is InChI=1S/C22H13N2.C11H24O2.Ir/c1-2-8-15(9-3-1)20-14-23-21-18-12-6-4-10-16(18)17-11-5-7-13-19(17)22(21)24-20;1-10(2,3)8(12)7-9(13)11(4,5)6;/h1-11,13-14H;8-9,12-13H,7H2,1-6H3;/q-1;;. The van der Waals surface area contributed by atoms with Gasteiger partial charge in [-0.25, -0.2) is 0 Å². The van der Waals surface area contributed by atoms with Gasteiger partial charge in [-0.3, -0.25) is 4.98 Å². The van der Waals surface area contributed by atoms with Crippen molar-refractivity contribution in [3.8, 4) is 11.3 Å². The molecule has 0 amide bonds. The molecule has 5 heteroatoms. The summed E-state index contributed by atoms with van der Waals surface area (Å²) in [7, 11) is 0. The first-order valence-corrected chi connectivity index (χ1v) is 12.9. The molecule has 4 nitrogen and oxygen atoms in total. The van der Waals surface area contributed by atoms with Crippen LogP contribution >= 0.6 is 0 Å². The number of rotatable bonds is 3. The molecule has 5 aromatic rings. The number of hydrogen-bond donors (Lipinski definition) is 2. The number of aliphatic hydroxyl groups excluding tert-OH is 2. The largest absolute Gasteiger partial charge is 0.392 e. The fourth-order valence-corrected chi connectivity index (χ4v) is 4.21. The van der Waals surface area contributed by atoms with Gasteiger partial charge in [-0.05, 0) is 16.2 Å². The molecule has 38 heavy (non-hydrogen) atoms. The molecular weight excluding hydrogens is 649 g/mol. The summed E-state index contributed by atoms with van der Waals surface area (Å²) in [5.74, 6) is 0. The Bertz CT molecular complexity index is 1450. The van der Waals surface area contributed by atoms with Crippen molar-refractivity contribution < 1.29 is 30.3 Å². The van der Waals surface area contributed by atoms with Crippen molar-refractivity contribution in [2.75, 3.05) is 0 Å². The molecule has 2 atom stereocenters. The molecule has 0 aliphatic rings. The van der Waals surface area contributed by atoms with Crippen LogP contribution in [0.2, 0.25) is 0 Å². The van der Waals surface area contributed by atoms with Crippen LogP contribution in [-0.4, -0.2) is 32.4 Å². The Morgan fingerprint density at radius 1 is 0.711 bits per heavy atom. The van der Waals surface area contributed by atoms with Crippen molar-refractivity contribution in [2.24, 2.45) is 10.8 Å². The molecule has 4 aromatic carbocycles. The van der Waals surface area contributed by atoms with Gasteiger partial charge in [0.15, 0.2) is 0 Å². The van der Waals surface area contributed by atoms with E-state index < -0.39 is 12.2 Å². The molecule has 0 spiro atoms. The minimum absolute atomic E-state index is 0. The van der Waals surface area contributed by atoms with Crippen LogP contribution in [-0.2, 0) is 20.1 Å². The van der Waals surface area contributed by atoms with E-state index in [2.05, 4.69) is 48.5 Å². The van der Waals surface area contributed by atoms with Gasteiger partial charge < -0.3 is 15.2 Å². The van der Waals surface area contributed by atoms with Gasteiger partial charge >= 0.3 is 0 Å². The summed E-state index contributed by atoms with van der Waals surface area (Å²) in [5, 5.41) is 24.0. The maximum atomic E-state index is 9.76. The third-order valence-electron chi connectivity index (χ3n) is 6.85. The van der Waals surface area contributed by atoms with Crippen molar-refractivity contribution >= 4 is 32.6 Å². The molecule has 0 bridgehead atoms. The summed E-state index contributed by atoms with van der Waals surface area (Å²) in [6.45, 7) is 11.9. The maximum Gasteiger partial charge on any atom is 0.0873 e. The van der Waals surface area contributed by atoms with Crippen LogP contribution in [0, 0.1) is 16.9 Å². The molecule has 1 heterocycles. The predicted octanol–water partition coefficient (Wildman–Crippen LogP) is 7.59. The zero-order chi connectivity index (χ0) is 26.8. The van der Waals surface area contributed by atoms with Gasteiger partial charge in [0.2, 0.25) is 0 Å². The molecule has 0 saturated carbocycles. The summed E-state index contributed by atoms with van der Waals surface area (Å²) in [6.07, 6.45) is 1.42. The second-order valence-corrected chi connectivity index (χ2v) is 11.8. The van der Waals surface area contributed by atoms with Gasteiger partial charge in [0.05, 0.1) is 23.4 Å². The van der Waals surface area contributed by atoms with Gasteiger partial charge in [-0.2, -0.15) is 0 Å². The van der Waals surface area contributed by atoms with Crippen molar-refractivity contribution in [3.05, 3.63) is 85.1 Å². The molecule has 0 aliphatic heterocycles. The van der Waals surface area contributed by atoms with Crippen LogP contribution in [0.5, 0.6) is 0 Å². The van der Waals surface area contributed by atoms with E-state index >= 15 is 0 Å². The van der Waals surface area contributed by atoms with E-state index in [4.69, 9.17) is 9.97 Å². The first-order chi connectivity index (χ1) is 17.5. The van der Waals surface area contributed by atoms with Crippen molar-refractivity contribution in [2.45, 2.75) is 60.2 Å². The molecule has 0 fully saturated rings. The minimum atomic E-state index is -0.443. The average Bonchev–Trinajstić information content (AvgIpc) is 2.88. The quantitative estimate of drug-likeness (QED) is 0.152. The monoisotopic (exact) mass is 686 g/mol. The van der Waals surface area contributed by atoms with E-state index in [-0.39, 0.29) is 30.9 Å². The fourth-order valence-electron chi connectivity index (χ4n) is 4.21. The molecular formula is C33H37IrN2O2-. The van der Waals surface area contributed by atoms with E-state index in [0.29, 0.717) is 6.42 Å². The van der Waals surface area contributed by atoms with Crippen LogP contribution in [0.4, 0.5) is 0 Å². The number of fused-ring (bicyclic) bond motifs is 6. The SMILES string of the molecule is CC(C)(C)C(O)CC(O)C(C)(C)C.[Ir].[c-]1cccc2c1c1ncc(-c3ccccc3)nc1c1ccccc21. The third-order valence-corrected chi connectivity index (χ3v) is 6.85. The van der Waals surface area contributed by atoms with Crippen LogP contribution in [0.1, 0.15) is 48.0 Å². The summed E-state index contributed by atoms with van der Waals surface area (Å²) < 4.78 is 0. The second kappa shape index (κ2) is 12.0. The Hall–Kier alpha value is -2.69. The molecule has 201 valence electrons. The Kier molecular flexibility index (Phi) is 9.43. The van der Waals surface area contributed by atoms with Crippen LogP contribution in [0.25, 0.3) is 43.8 Å². The maximum absolute atomic E-state index is 9.76. The van der Waals surface area contributed by atoms with Gasteiger partial charge in [-0.1, -0.05) is 107 Å². The molecule has 1 radical (unpaired) electrons. The fraction of sp³-hybridized carbons (Fsp3) is 0.333. The summed E-state index contributed by atoms with van der Waals surface area (Å²) in [5.41, 5.74) is 3.51. The Balaban J connectivity index is 0.000000248. The van der Waals surface area contributed by atoms with E-state index in [1.165, 1.54) is 10.8 Å². The van der Waals surface area contributed by atoms with Crippen molar-refractivity contribution in [1.82, 2.24) is 9.97 Å². The number of nitrogens with zero attached hydrogens (tertiary/aromatic N) is 2. The molecule has 1 aromatic heterocycles. The Morgan fingerprint density at radius 2 is 1.26 bits per heavy atom. The minimum Gasteiger partial charge on any atom is -0.392 e. The van der Waals surface area contributed by atoms with Crippen LogP contribution in [0.3, 0.4) is 0 Å². The second-order valence-electron chi connectivity index (χ2n) is 11.8. The summed E-state index contributed by atoms with van der Waals surface area (Å²) >= 11 is 0. The van der Waals surface area contributed by atoms with Gasteiger partial charge in [-0.15, -0.1) is 29.7 Å². The molecule has 2 N–H and O–H groups in total. The predicted molar refractivity (Wildman–Crippen MR) is 154 cm³/mol. The van der Waals surface area contributed by atoms with Crippen molar-refractivity contribution in [3.63, 3.8) is 0 Å². The van der Waals surface area contributed by atoms with Crippen molar-refractivity contribution in [1.29, 1.82) is 0 Å². The van der Waals surface area contributed by atoms with E-state index in [0.717, 1.165) is 33.1 Å². The smallest absolute Gasteiger partial charge is 0.0873 e. The van der Waals surface area contributed by atoms with E-state index in [1.807, 2.05) is 78.1 Å². The van der Waals surface area contributed by atoms with Crippen LogP contribution in [0.15, 0.2) is 79.0 Å². The normalized spacial score (nSPS) is 13.5. The molecule has 0 aliphatic carbocycles. The Labute approximate surface area is 239 Å². The topological polar surface area (TPSA) is 66.2 Å². The molecule has 0 saturated heterocycles. The number of hydrogen-bond acceptors (Lipinski definition) is 4. The number of aliphatic hydroxyl groups is 2. The Morgan fingerprint density at radius 3 is 1.87 bits per heavy atom. The molecule has 5 rings (SSSR count). The third kappa shape index (κ3) is 6.65. The summed E-state index contributed by atoms with van der Waals surface area (Å²) in [4.78, 5) is 9.68. The number of aromatic nitrogens is 2. The number of benzene rings is 4. The van der Waals surface area contributed by atoms with Gasteiger partial charge in [0, 0.05) is 43.8 Å². The van der Waals surface area contributed by atoms with Gasteiger partial charge in [0.25, 0.3) is 0 Å². The van der Waals surface area contributed by atoms with Crippen LogP contribution < -0.4 is 0 Å². The zero-order valence-electron chi connectivity index (χ0n) is 23.0. The van der Waals surface area contributed by atoms with E-state index in [1.54, 1.807) is 0 Å². The average molecular weight is 686 g/mol. The van der Waals surface area contributed by atoms with E-state index in [9.17, 15) is 10.2 Å². The first kappa shape index (κ1) is 29.9. The first-order valence-electron chi connectivity index (χ1n) is 12.9. The molecule has 2 unspecified atom stereocenters.